The van der Waals surface area contributed by atoms with E-state index >= 15 is 0 Å². The average molecular weight is 240 g/mol. The second-order valence-electron chi connectivity index (χ2n) is 3.80. The minimum absolute atomic E-state index is 0.290. The highest BCUT2D eigenvalue weighted by atomic mass is 32.2. The van der Waals surface area contributed by atoms with Crippen molar-refractivity contribution in [1.82, 2.24) is 4.72 Å². The molecule has 5 nitrogen and oxygen atoms in total. The summed E-state index contributed by atoms with van der Waals surface area (Å²) in [6, 6.07) is 6.09. The predicted molar refractivity (Wildman–Crippen MR) is 60.3 cm³/mol. The Morgan fingerprint density at radius 2 is 1.81 bits per heavy atom. The Morgan fingerprint density at radius 3 is 2.31 bits per heavy atom. The van der Waals surface area contributed by atoms with Gasteiger partial charge in [0.15, 0.2) is 0 Å². The van der Waals surface area contributed by atoms with Gasteiger partial charge in [-0.25, -0.2) is 13.1 Å². The van der Waals surface area contributed by atoms with Crippen molar-refractivity contribution in [2.45, 2.75) is 18.1 Å². The second-order valence-corrected chi connectivity index (χ2v) is 5.76. The largest absolute Gasteiger partial charge is 0.399 e. The SMILES string of the molecule is Nc1ccc(C(=O)NS(=O)(=O)C2CC2)cc1. The Hall–Kier alpha value is -1.56. The number of nitrogens with one attached hydrogen (secondary N) is 1. The minimum atomic E-state index is -3.48. The standard InChI is InChI=1S/C10H12N2O3S/c11-8-3-1-7(2-4-8)10(13)12-16(14,15)9-5-6-9/h1-4,9H,5-6,11H2,(H,12,13). The highest BCUT2D eigenvalue weighted by Crippen LogP contribution is 2.27. The molecule has 0 heterocycles. The molecule has 0 spiro atoms. The van der Waals surface area contributed by atoms with E-state index in [9.17, 15) is 13.2 Å². The van der Waals surface area contributed by atoms with Gasteiger partial charge in [-0.2, -0.15) is 0 Å². The Morgan fingerprint density at radius 1 is 1.25 bits per heavy atom. The lowest BCUT2D eigenvalue weighted by Crippen LogP contribution is -2.33. The zero-order chi connectivity index (χ0) is 11.8. The third-order valence-corrected chi connectivity index (χ3v) is 4.19. The highest BCUT2D eigenvalue weighted by Gasteiger charge is 2.36. The summed E-state index contributed by atoms with van der Waals surface area (Å²) in [5, 5.41) is -0.398. The van der Waals surface area contributed by atoms with Gasteiger partial charge in [0.25, 0.3) is 5.91 Å². The van der Waals surface area contributed by atoms with Crippen LogP contribution < -0.4 is 10.5 Å². The van der Waals surface area contributed by atoms with Gasteiger partial charge in [0, 0.05) is 11.3 Å². The fraction of sp³-hybridized carbons (Fsp3) is 0.300. The molecule has 0 unspecified atom stereocenters. The summed E-state index contributed by atoms with van der Waals surface area (Å²) in [6.45, 7) is 0. The number of benzene rings is 1. The van der Waals surface area contributed by atoms with Gasteiger partial charge in [0.1, 0.15) is 0 Å². The summed E-state index contributed by atoms with van der Waals surface area (Å²) in [4.78, 5) is 11.6. The number of anilines is 1. The summed E-state index contributed by atoms with van der Waals surface area (Å²) in [5.41, 5.74) is 6.28. The van der Waals surface area contributed by atoms with Crippen molar-refractivity contribution in [2.75, 3.05) is 5.73 Å². The number of amides is 1. The molecule has 0 aromatic heterocycles. The Kier molecular flexibility index (Phi) is 2.59. The van der Waals surface area contributed by atoms with Crippen LogP contribution in [0.1, 0.15) is 23.2 Å². The van der Waals surface area contributed by atoms with Crippen molar-refractivity contribution in [3.05, 3.63) is 29.8 Å². The van der Waals surface area contributed by atoms with Gasteiger partial charge in [-0.3, -0.25) is 4.79 Å². The molecule has 16 heavy (non-hydrogen) atoms. The molecule has 1 aliphatic carbocycles. The van der Waals surface area contributed by atoms with Gasteiger partial charge >= 0.3 is 0 Å². The first kappa shape index (κ1) is 10.9. The molecule has 86 valence electrons. The molecule has 6 heteroatoms. The van der Waals surface area contributed by atoms with Crippen LogP contribution in [0.25, 0.3) is 0 Å². The van der Waals surface area contributed by atoms with Gasteiger partial charge in [-0.15, -0.1) is 0 Å². The van der Waals surface area contributed by atoms with Gasteiger partial charge in [-0.05, 0) is 37.1 Å². The van der Waals surface area contributed by atoms with Gasteiger partial charge in [0.2, 0.25) is 10.0 Å². The van der Waals surface area contributed by atoms with Crippen LogP contribution in [0.4, 0.5) is 5.69 Å². The lowest BCUT2D eigenvalue weighted by atomic mass is 10.2. The zero-order valence-corrected chi connectivity index (χ0v) is 9.33. The predicted octanol–water partition coefficient (Wildman–Crippen LogP) is 0.491. The highest BCUT2D eigenvalue weighted by molar-refractivity contribution is 7.91. The third kappa shape index (κ3) is 2.33. The van der Waals surface area contributed by atoms with Gasteiger partial charge < -0.3 is 5.73 Å². The third-order valence-electron chi connectivity index (χ3n) is 2.37. The van der Waals surface area contributed by atoms with E-state index in [-0.39, 0.29) is 0 Å². The fourth-order valence-electron chi connectivity index (χ4n) is 1.28. The number of carbonyl (C=O) groups is 1. The molecule has 0 aliphatic heterocycles. The quantitative estimate of drug-likeness (QED) is 0.752. The molecule has 1 fully saturated rings. The summed E-state index contributed by atoms with van der Waals surface area (Å²) >= 11 is 0. The number of carbonyl (C=O) groups excluding carboxylic acids is 1. The Balaban J connectivity index is 2.11. The van der Waals surface area contributed by atoms with E-state index in [0.29, 0.717) is 24.1 Å². The van der Waals surface area contributed by atoms with Crippen LogP contribution >= 0.6 is 0 Å². The number of nitrogen functional groups attached to an aromatic ring is 1. The van der Waals surface area contributed by atoms with E-state index in [4.69, 9.17) is 5.73 Å². The fourth-order valence-corrected chi connectivity index (χ4v) is 2.58. The van der Waals surface area contributed by atoms with Crippen LogP contribution in [0, 0.1) is 0 Å². The summed E-state index contributed by atoms with van der Waals surface area (Å²) < 4.78 is 25.0. The lowest BCUT2D eigenvalue weighted by Gasteiger charge is -2.05. The second kappa shape index (κ2) is 3.79. The van der Waals surface area contributed by atoms with E-state index in [1.807, 2.05) is 4.72 Å². The maximum atomic E-state index is 11.6. The molecule has 2 rings (SSSR count). The minimum Gasteiger partial charge on any atom is -0.399 e. The number of hydrogen-bond donors (Lipinski definition) is 2. The molecule has 3 N–H and O–H groups in total. The maximum absolute atomic E-state index is 11.6. The van der Waals surface area contributed by atoms with E-state index in [1.165, 1.54) is 12.1 Å². The molecule has 0 saturated heterocycles. The molecule has 1 aliphatic rings. The summed E-state index contributed by atoms with van der Waals surface area (Å²) in [6.07, 6.45) is 1.26. The average Bonchev–Trinajstić information content (AvgIpc) is 3.01. The molecule has 0 radical (unpaired) electrons. The van der Waals surface area contributed by atoms with Crippen LogP contribution in [-0.2, 0) is 10.0 Å². The normalized spacial score (nSPS) is 15.8. The van der Waals surface area contributed by atoms with E-state index in [1.54, 1.807) is 12.1 Å². The summed E-state index contributed by atoms with van der Waals surface area (Å²) in [5.74, 6) is -0.605. The monoisotopic (exact) mass is 240 g/mol. The molecule has 0 atom stereocenters. The van der Waals surface area contributed by atoms with Crippen LogP contribution in [0.3, 0.4) is 0 Å². The molecule has 0 bridgehead atoms. The van der Waals surface area contributed by atoms with Crippen LogP contribution in [-0.4, -0.2) is 19.6 Å². The number of sulfonamides is 1. The lowest BCUT2D eigenvalue weighted by molar-refractivity contribution is 0.0981. The van der Waals surface area contributed by atoms with Crippen molar-refractivity contribution in [3.8, 4) is 0 Å². The van der Waals surface area contributed by atoms with Crippen molar-refractivity contribution >= 4 is 21.6 Å². The molecular weight excluding hydrogens is 228 g/mol. The number of nitrogens with two attached hydrogens (primary N) is 1. The Bertz CT molecular complexity index is 503. The zero-order valence-electron chi connectivity index (χ0n) is 8.51. The maximum Gasteiger partial charge on any atom is 0.264 e. The van der Waals surface area contributed by atoms with Crippen LogP contribution in [0.5, 0.6) is 0 Å². The molecule has 1 saturated carbocycles. The number of hydrogen-bond acceptors (Lipinski definition) is 4. The van der Waals surface area contributed by atoms with Crippen molar-refractivity contribution < 1.29 is 13.2 Å². The smallest absolute Gasteiger partial charge is 0.264 e. The number of rotatable bonds is 3. The van der Waals surface area contributed by atoms with Gasteiger partial charge in [0.05, 0.1) is 5.25 Å². The molecular formula is C10H12N2O3S. The first-order valence-electron chi connectivity index (χ1n) is 4.90. The molecule has 1 aromatic carbocycles. The Labute approximate surface area is 93.7 Å². The van der Waals surface area contributed by atoms with Crippen molar-refractivity contribution in [2.24, 2.45) is 0 Å². The molecule has 1 aromatic rings. The van der Waals surface area contributed by atoms with Crippen molar-refractivity contribution in [3.63, 3.8) is 0 Å². The first-order chi connectivity index (χ1) is 7.49. The van der Waals surface area contributed by atoms with E-state index in [2.05, 4.69) is 0 Å². The van der Waals surface area contributed by atoms with Crippen LogP contribution in [0.2, 0.25) is 0 Å². The first-order valence-corrected chi connectivity index (χ1v) is 6.45. The van der Waals surface area contributed by atoms with Gasteiger partial charge in [-0.1, -0.05) is 0 Å². The van der Waals surface area contributed by atoms with Crippen LogP contribution in [0.15, 0.2) is 24.3 Å². The summed E-state index contributed by atoms with van der Waals surface area (Å²) in [7, 11) is -3.48. The van der Waals surface area contributed by atoms with E-state index < -0.39 is 21.2 Å². The topological polar surface area (TPSA) is 89.3 Å². The molecule has 1 amide bonds. The van der Waals surface area contributed by atoms with Crippen molar-refractivity contribution in [1.29, 1.82) is 0 Å². The van der Waals surface area contributed by atoms with E-state index in [0.717, 1.165) is 0 Å².